The zero-order chi connectivity index (χ0) is 29.2. The number of hydrogen-bond donors (Lipinski definition) is 1. The van der Waals surface area contributed by atoms with Gasteiger partial charge in [-0.25, -0.2) is 23.4 Å². The molecule has 3 heterocycles. The predicted octanol–water partition coefficient (Wildman–Crippen LogP) is 4.62. The van der Waals surface area contributed by atoms with Crippen molar-refractivity contribution in [2.75, 3.05) is 13.1 Å². The minimum absolute atomic E-state index is 0.0572. The van der Waals surface area contributed by atoms with Crippen LogP contribution in [0.15, 0.2) is 30.5 Å². The van der Waals surface area contributed by atoms with E-state index in [9.17, 15) is 36.3 Å². The van der Waals surface area contributed by atoms with Crippen molar-refractivity contribution in [1.82, 2.24) is 19.6 Å². The lowest BCUT2D eigenvalue weighted by molar-refractivity contribution is -0.194. The molecule has 214 valence electrons. The number of nitrogens with one attached hydrogen (secondary N) is 1. The van der Waals surface area contributed by atoms with Crippen molar-refractivity contribution in [3.63, 3.8) is 0 Å². The molecule has 0 radical (unpaired) electrons. The van der Waals surface area contributed by atoms with Crippen LogP contribution in [-0.4, -0.2) is 57.6 Å². The minimum atomic E-state index is -5.32. The molecule has 3 aromatic rings. The van der Waals surface area contributed by atoms with Crippen LogP contribution in [0.4, 0.5) is 26.7 Å². The third-order valence-electron chi connectivity index (χ3n) is 6.42. The summed E-state index contributed by atoms with van der Waals surface area (Å²) in [5.74, 6) is -4.57. The van der Waals surface area contributed by atoms with E-state index in [0.29, 0.717) is 30.5 Å². The molecule has 1 N–H and O–H groups in total. The number of likely N-dealkylation sites (tertiary alicyclic amines) is 1. The number of imidazole rings is 1. The molecule has 1 aliphatic rings. The number of nitrogens with zero attached hydrogens (tertiary/aromatic N) is 3. The van der Waals surface area contributed by atoms with Crippen molar-refractivity contribution in [3.8, 4) is 5.75 Å². The second-order valence-electron chi connectivity index (χ2n) is 9.32. The van der Waals surface area contributed by atoms with E-state index in [2.05, 4.69) is 15.0 Å². The van der Waals surface area contributed by atoms with Gasteiger partial charge in [-0.15, -0.1) is 0 Å². The summed E-state index contributed by atoms with van der Waals surface area (Å²) in [6.45, 7) is 2.81. The molecule has 0 saturated carbocycles. The van der Waals surface area contributed by atoms with Crippen molar-refractivity contribution in [3.05, 3.63) is 64.6 Å². The fourth-order valence-corrected chi connectivity index (χ4v) is 4.50. The Morgan fingerprint density at radius 3 is 2.50 bits per heavy atom. The Hall–Kier alpha value is -4.23. The molecule has 0 unspecified atom stereocenters. The number of benzene rings is 1. The van der Waals surface area contributed by atoms with Crippen molar-refractivity contribution in [1.29, 1.82) is 0 Å². The first-order valence-electron chi connectivity index (χ1n) is 12.3. The van der Waals surface area contributed by atoms with E-state index in [1.54, 1.807) is 26.1 Å². The first-order chi connectivity index (χ1) is 18.9. The predicted molar refractivity (Wildman–Crippen MR) is 130 cm³/mol. The quantitative estimate of drug-likeness (QED) is 0.265. The number of fused-ring (bicyclic) bond motifs is 1. The highest BCUT2D eigenvalue weighted by Crippen LogP contribution is 2.26. The summed E-state index contributed by atoms with van der Waals surface area (Å²) in [5.41, 5.74) is 1.03. The Bertz CT molecular complexity index is 1440. The van der Waals surface area contributed by atoms with Crippen molar-refractivity contribution in [2.24, 2.45) is 0 Å². The van der Waals surface area contributed by atoms with Gasteiger partial charge in [0.15, 0.2) is 11.4 Å². The number of rotatable bonds is 6. The molecule has 1 aliphatic heterocycles. The summed E-state index contributed by atoms with van der Waals surface area (Å²) >= 11 is 0. The molecule has 4 rings (SSSR count). The molecule has 1 aromatic carbocycles. The second-order valence-corrected chi connectivity index (χ2v) is 9.32. The van der Waals surface area contributed by atoms with Crippen LogP contribution < -0.4 is 10.1 Å². The zero-order valence-electron chi connectivity index (χ0n) is 21.5. The highest BCUT2D eigenvalue weighted by molar-refractivity contribution is 5.95. The highest BCUT2D eigenvalue weighted by atomic mass is 19.4. The van der Waals surface area contributed by atoms with Gasteiger partial charge in [-0.05, 0) is 56.9 Å². The SMILES string of the molecule is Cc1cc(OCc2c(F)cccc2F)c2nc(C)c(C(=O)NC[C@H]3CCCCN3C(=O)OC(=O)C(F)(F)F)n2c1. The van der Waals surface area contributed by atoms with Gasteiger partial charge in [0.05, 0.1) is 17.3 Å². The lowest BCUT2D eigenvalue weighted by Gasteiger charge is -2.34. The number of aromatic nitrogens is 2. The Morgan fingerprint density at radius 1 is 1.12 bits per heavy atom. The molecule has 14 heteroatoms. The van der Waals surface area contributed by atoms with Gasteiger partial charge >= 0.3 is 18.2 Å². The van der Waals surface area contributed by atoms with Crippen LogP contribution in [0, 0.1) is 25.5 Å². The number of carbonyl (C=O) groups is 3. The number of alkyl halides is 3. The molecule has 1 saturated heterocycles. The monoisotopic (exact) mass is 568 g/mol. The minimum Gasteiger partial charge on any atom is -0.485 e. The fraction of sp³-hybridized carbons (Fsp3) is 0.385. The smallest absolute Gasteiger partial charge is 0.485 e. The van der Waals surface area contributed by atoms with Crippen molar-refractivity contribution in [2.45, 2.75) is 51.9 Å². The second kappa shape index (κ2) is 11.5. The van der Waals surface area contributed by atoms with Gasteiger partial charge in [-0.1, -0.05) is 6.07 Å². The van der Waals surface area contributed by atoms with E-state index in [1.807, 2.05) is 0 Å². The lowest BCUT2D eigenvalue weighted by Crippen LogP contribution is -2.50. The maximum atomic E-state index is 14.1. The summed E-state index contributed by atoms with van der Waals surface area (Å²) in [5, 5.41) is 2.67. The van der Waals surface area contributed by atoms with Crippen LogP contribution in [0.5, 0.6) is 5.75 Å². The Labute approximate surface area is 224 Å². The normalized spacial score (nSPS) is 15.7. The molecule has 0 aliphatic carbocycles. The maximum Gasteiger partial charge on any atom is 0.491 e. The van der Waals surface area contributed by atoms with Crippen molar-refractivity contribution >= 4 is 23.6 Å². The summed E-state index contributed by atoms with van der Waals surface area (Å²) in [7, 11) is 0. The topological polar surface area (TPSA) is 102 Å². The molecule has 2 amide bonds. The number of halogens is 5. The summed E-state index contributed by atoms with van der Waals surface area (Å²) in [6.07, 6.45) is -3.63. The average Bonchev–Trinajstić information content (AvgIpc) is 3.22. The number of piperidine rings is 1. The lowest BCUT2D eigenvalue weighted by atomic mass is 10.0. The first kappa shape index (κ1) is 28.8. The third-order valence-corrected chi connectivity index (χ3v) is 6.42. The summed E-state index contributed by atoms with van der Waals surface area (Å²) < 4.78 is 76.8. The van der Waals surface area contributed by atoms with E-state index < -0.39 is 48.4 Å². The summed E-state index contributed by atoms with van der Waals surface area (Å²) in [4.78, 5) is 41.9. The molecule has 2 aromatic heterocycles. The van der Waals surface area contributed by atoms with Crippen LogP contribution >= 0.6 is 0 Å². The number of hydrogen-bond acceptors (Lipinski definition) is 6. The van der Waals surface area contributed by atoms with Gasteiger partial charge in [-0.2, -0.15) is 13.2 Å². The largest absolute Gasteiger partial charge is 0.491 e. The third kappa shape index (κ3) is 6.15. The number of carbonyl (C=O) groups excluding carboxylic acids is 3. The molecule has 0 bridgehead atoms. The van der Waals surface area contributed by atoms with Crippen LogP contribution in [-0.2, 0) is 16.1 Å². The van der Waals surface area contributed by atoms with Crippen LogP contribution in [0.2, 0.25) is 0 Å². The molecule has 9 nitrogen and oxygen atoms in total. The molecule has 0 spiro atoms. The van der Waals surface area contributed by atoms with Gasteiger partial charge in [-0.3, -0.25) is 9.20 Å². The number of ether oxygens (including phenoxy) is 2. The van der Waals surface area contributed by atoms with Gasteiger partial charge in [0.2, 0.25) is 0 Å². The number of aryl methyl sites for hydroxylation is 2. The average molecular weight is 568 g/mol. The van der Waals surface area contributed by atoms with E-state index in [1.165, 1.54) is 10.5 Å². The first-order valence-corrected chi connectivity index (χ1v) is 12.3. The van der Waals surface area contributed by atoms with E-state index in [-0.39, 0.29) is 35.7 Å². The highest BCUT2D eigenvalue weighted by Gasteiger charge is 2.44. The Kier molecular flexibility index (Phi) is 8.26. The van der Waals surface area contributed by atoms with E-state index in [0.717, 1.165) is 17.0 Å². The molecule has 1 atom stereocenters. The number of pyridine rings is 1. The van der Waals surface area contributed by atoms with Gasteiger partial charge in [0, 0.05) is 19.3 Å². The Balaban J connectivity index is 1.51. The van der Waals surface area contributed by atoms with Crippen LogP contribution in [0.25, 0.3) is 5.65 Å². The molecule has 1 fully saturated rings. The molecular formula is C26H25F5N4O5. The van der Waals surface area contributed by atoms with E-state index >= 15 is 0 Å². The molecular weight excluding hydrogens is 543 g/mol. The van der Waals surface area contributed by atoms with Gasteiger partial charge in [0.1, 0.15) is 23.9 Å². The van der Waals surface area contributed by atoms with Gasteiger partial charge in [0.25, 0.3) is 5.91 Å². The van der Waals surface area contributed by atoms with Gasteiger partial charge < -0.3 is 19.7 Å². The fourth-order valence-electron chi connectivity index (χ4n) is 4.50. The summed E-state index contributed by atoms with van der Waals surface area (Å²) in [6, 6.07) is 4.35. The molecule has 40 heavy (non-hydrogen) atoms. The van der Waals surface area contributed by atoms with Crippen molar-refractivity contribution < 1.29 is 45.8 Å². The Morgan fingerprint density at radius 2 is 1.82 bits per heavy atom. The number of amides is 2. The van der Waals surface area contributed by atoms with E-state index in [4.69, 9.17) is 4.74 Å². The van der Waals surface area contributed by atoms with Crippen LogP contribution in [0.3, 0.4) is 0 Å². The van der Waals surface area contributed by atoms with Crippen LogP contribution in [0.1, 0.15) is 46.6 Å². The number of esters is 1. The maximum absolute atomic E-state index is 14.1. The zero-order valence-corrected chi connectivity index (χ0v) is 21.5. The standard InChI is InChI=1S/C26H25F5N4O5/c1-14-10-20(39-13-17-18(27)7-5-8-19(17)28)22-33-15(2)21(35(22)12-14)23(36)32-11-16-6-3-4-9-34(16)25(38)40-24(37)26(29,30)31/h5,7-8,10,12,16H,3-4,6,9,11,13H2,1-2H3,(H,32,36)/t16-/m1/s1.